The second-order valence-electron chi connectivity index (χ2n) is 4.71. The van der Waals surface area contributed by atoms with E-state index < -0.39 is 0 Å². The fraction of sp³-hybridized carbons (Fsp3) is 0.818. The molecule has 2 aliphatic heterocycles. The van der Waals surface area contributed by atoms with E-state index in [0.29, 0.717) is 12.5 Å². The lowest BCUT2D eigenvalue weighted by Gasteiger charge is -2.35. The van der Waals surface area contributed by atoms with E-state index in [1.165, 1.54) is 0 Å². The number of carbonyl (C=O) groups excluding carboxylic acids is 2. The second-order valence-corrected chi connectivity index (χ2v) is 4.71. The van der Waals surface area contributed by atoms with Crippen LogP contribution in [0.5, 0.6) is 0 Å². The number of piperidine rings is 1. The van der Waals surface area contributed by atoms with Gasteiger partial charge in [0.25, 0.3) is 0 Å². The molecule has 2 aliphatic rings. The van der Waals surface area contributed by atoms with Crippen LogP contribution in [0.25, 0.3) is 0 Å². The highest BCUT2D eigenvalue weighted by atomic mass is 16.2. The molecular formula is C11H19N3O2. The molecule has 90 valence electrons. The fourth-order valence-corrected chi connectivity index (χ4v) is 2.39. The van der Waals surface area contributed by atoms with Gasteiger partial charge in [0.1, 0.15) is 0 Å². The largest absolute Gasteiger partial charge is 0.317 e. The van der Waals surface area contributed by atoms with Gasteiger partial charge in [-0.05, 0) is 38.8 Å². The van der Waals surface area contributed by atoms with E-state index in [9.17, 15) is 9.59 Å². The minimum absolute atomic E-state index is 0.162. The first-order valence-corrected chi connectivity index (χ1v) is 5.95. The Kier molecular flexibility index (Phi) is 3.56. The van der Waals surface area contributed by atoms with Crippen LogP contribution >= 0.6 is 0 Å². The van der Waals surface area contributed by atoms with Crippen molar-refractivity contribution >= 4 is 11.8 Å². The molecule has 2 fully saturated rings. The first-order chi connectivity index (χ1) is 7.66. The summed E-state index contributed by atoms with van der Waals surface area (Å²) in [6.07, 6.45) is 2.28. The van der Waals surface area contributed by atoms with E-state index in [-0.39, 0.29) is 17.9 Å². The summed E-state index contributed by atoms with van der Waals surface area (Å²) in [7, 11) is 0. The van der Waals surface area contributed by atoms with Gasteiger partial charge in [0.2, 0.25) is 11.8 Å². The molecule has 16 heavy (non-hydrogen) atoms. The number of hydrogen-bond acceptors (Lipinski definition) is 4. The van der Waals surface area contributed by atoms with Crippen LogP contribution in [0.2, 0.25) is 0 Å². The molecule has 5 heteroatoms. The molecule has 1 unspecified atom stereocenters. The van der Waals surface area contributed by atoms with E-state index in [2.05, 4.69) is 10.6 Å². The van der Waals surface area contributed by atoms with Crippen molar-refractivity contribution in [3.8, 4) is 0 Å². The molecule has 0 saturated carbocycles. The summed E-state index contributed by atoms with van der Waals surface area (Å²) >= 11 is 0. The average molecular weight is 225 g/mol. The van der Waals surface area contributed by atoms with Crippen molar-refractivity contribution < 1.29 is 9.59 Å². The lowest BCUT2D eigenvalue weighted by atomic mass is 9.96. The van der Waals surface area contributed by atoms with Crippen LogP contribution < -0.4 is 10.6 Å². The normalized spacial score (nSPS) is 29.2. The first-order valence-electron chi connectivity index (χ1n) is 5.95. The van der Waals surface area contributed by atoms with E-state index in [0.717, 1.165) is 32.5 Å². The topological polar surface area (TPSA) is 61.4 Å². The summed E-state index contributed by atoms with van der Waals surface area (Å²) in [5, 5.41) is 5.68. The van der Waals surface area contributed by atoms with Crippen molar-refractivity contribution in [3.05, 3.63) is 0 Å². The number of nitrogens with zero attached hydrogens (tertiary/aromatic N) is 1. The van der Waals surface area contributed by atoms with Crippen LogP contribution in [0.1, 0.15) is 19.8 Å². The Morgan fingerprint density at radius 1 is 1.31 bits per heavy atom. The van der Waals surface area contributed by atoms with Crippen LogP contribution in [-0.4, -0.2) is 48.9 Å². The summed E-state index contributed by atoms with van der Waals surface area (Å²) < 4.78 is 0. The van der Waals surface area contributed by atoms with Crippen LogP contribution in [0, 0.1) is 5.92 Å². The molecule has 0 radical (unpaired) electrons. The van der Waals surface area contributed by atoms with E-state index in [1.54, 1.807) is 0 Å². The van der Waals surface area contributed by atoms with Gasteiger partial charge in [-0.1, -0.05) is 0 Å². The third-order valence-electron chi connectivity index (χ3n) is 3.49. The Balaban J connectivity index is 1.91. The Morgan fingerprint density at radius 3 is 2.69 bits per heavy atom. The highest BCUT2D eigenvalue weighted by molar-refractivity contribution is 6.00. The SMILES string of the molecule is CC1C(=O)NC(=O)CN1CC1CCNCC1. The second kappa shape index (κ2) is 4.93. The van der Waals surface area contributed by atoms with E-state index in [4.69, 9.17) is 0 Å². The number of carbonyl (C=O) groups is 2. The molecule has 2 heterocycles. The number of hydrogen-bond donors (Lipinski definition) is 2. The zero-order valence-corrected chi connectivity index (χ0v) is 9.66. The third-order valence-corrected chi connectivity index (χ3v) is 3.49. The molecule has 2 N–H and O–H groups in total. The van der Waals surface area contributed by atoms with Crippen molar-refractivity contribution in [2.75, 3.05) is 26.2 Å². The molecule has 2 amide bonds. The molecule has 0 aliphatic carbocycles. The Bertz CT molecular complexity index is 287. The standard InChI is InChI=1S/C11H19N3O2/c1-8-11(16)13-10(15)7-14(8)6-9-2-4-12-5-3-9/h8-9,12H,2-7H2,1H3,(H,13,15,16). The highest BCUT2D eigenvalue weighted by Gasteiger charge is 2.31. The van der Waals surface area contributed by atoms with Crippen LogP contribution in [0.3, 0.4) is 0 Å². The number of rotatable bonds is 2. The molecule has 2 rings (SSSR count). The summed E-state index contributed by atoms with van der Waals surface area (Å²) in [5.41, 5.74) is 0. The van der Waals surface area contributed by atoms with Gasteiger partial charge >= 0.3 is 0 Å². The molecule has 5 nitrogen and oxygen atoms in total. The Hall–Kier alpha value is -0.940. The smallest absolute Gasteiger partial charge is 0.243 e. The average Bonchev–Trinajstić information content (AvgIpc) is 2.27. The van der Waals surface area contributed by atoms with Crippen molar-refractivity contribution in [3.63, 3.8) is 0 Å². The minimum Gasteiger partial charge on any atom is -0.317 e. The van der Waals surface area contributed by atoms with Crippen LogP contribution in [0.4, 0.5) is 0 Å². The summed E-state index contributed by atoms with van der Waals surface area (Å²) in [4.78, 5) is 24.8. The number of amides is 2. The molecule has 1 atom stereocenters. The predicted octanol–water partition coefficient (Wildman–Crippen LogP) is -0.667. The Morgan fingerprint density at radius 2 is 2.00 bits per heavy atom. The summed E-state index contributed by atoms with van der Waals surface area (Å²) in [6, 6.07) is -0.174. The van der Waals surface area contributed by atoms with Crippen molar-refractivity contribution in [1.29, 1.82) is 0 Å². The van der Waals surface area contributed by atoms with Gasteiger partial charge in [-0.2, -0.15) is 0 Å². The van der Waals surface area contributed by atoms with Gasteiger partial charge in [0.15, 0.2) is 0 Å². The molecule has 0 aromatic rings. The first kappa shape index (κ1) is 11.5. The highest BCUT2D eigenvalue weighted by Crippen LogP contribution is 2.16. The van der Waals surface area contributed by atoms with Gasteiger partial charge in [-0.3, -0.25) is 19.8 Å². The quantitative estimate of drug-likeness (QED) is 0.612. The van der Waals surface area contributed by atoms with Gasteiger partial charge in [-0.25, -0.2) is 0 Å². The van der Waals surface area contributed by atoms with Crippen molar-refractivity contribution in [2.45, 2.75) is 25.8 Å². The molecule has 0 spiro atoms. The van der Waals surface area contributed by atoms with Gasteiger partial charge in [0.05, 0.1) is 12.6 Å². The predicted molar refractivity (Wildman–Crippen MR) is 59.8 cm³/mol. The zero-order valence-electron chi connectivity index (χ0n) is 9.66. The molecule has 2 saturated heterocycles. The Labute approximate surface area is 95.6 Å². The van der Waals surface area contributed by atoms with Gasteiger partial charge < -0.3 is 5.32 Å². The summed E-state index contributed by atoms with van der Waals surface area (Å²) in [6.45, 7) is 5.18. The lowest BCUT2D eigenvalue weighted by Crippen LogP contribution is -2.58. The fourth-order valence-electron chi connectivity index (χ4n) is 2.39. The molecular weight excluding hydrogens is 206 g/mol. The van der Waals surface area contributed by atoms with Gasteiger partial charge in [-0.15, -0.1) is 0 Å². The van der Waals surface area contributed by atoms with Crippen molar-refractivity contribution in [2.24, 2.45) is 5.92 Å². The maximum absolute atomic E-state index is 11.5. The monoisotopic (exact) mass is 225 g/mol. The molecule has 0 aromatic heterocycles. The van der Waals surface area contributed by atoms with Crippen molar-refractivity contribution in [1.82, 2.24) is 15.5 Å². The molecule has 0 bridgehead atoms. The zero-order chi connectivity index (χ0) is 11.5. The number of nitrogens with one attached hydrogen (secondary N) is 2. The van der Waals surface area contributed by atoms with Gasteiger partial charge in [0, 0.05) is 6.54 Å². The molecule has 0 aromatic carbocycles. The maximum atomic E-state index is 11.5. The van der Waals surface area contributed by atoms with E-state index in [1.807, 2.05) is 11.8 Å². The summed E-state index contributed by atoms with van der Waals surface area (Å²) in [5.74, 6) is 0.282. The number of imide groups is 1. The third kappa shape index (κ3) is 2.59. The van der Waals surface area contributed by atoms with Crippen LogP contribution in [-0.2, 0) is 9.59 Å². The van der Waals surface area contributed by atoms with E-state index >= 15 is 0 Å². The minimum atomic E-state index is -0.174. The van der Waals surface area contributed by atoms with Crippen LogP contribution in [0.15, 0.2) is 0 Å². The maximum Gasteiger partial charge on any atom is 0.243 e. The number of piperazine rings is 1. The lowest BCUT2D eigenvalue weighted by molar-refractivity contribution is -0.139.